The number of aromatic nitrogens is 1. The third kappa shape index (κ3) is 10.2. The van der Waals surface area contributed by atoms with Crippen molar-refractivity contribution in [3.05, 3.63) is 30.1 Å². The molecule has 2 atom stereocenters. The summed E-state index contributed by atoms with van der Waals surface area (Å²) in [6.07, 6.45) is 3.67. The van der Waals surface area contributed by atoms with E-state index in [1.807, 2.05) is 0 Å². The average molecular weight is 422 g/mol. The van der Waals surface area contributed by atoms with Gasteiger partial charge in [-0.3, -0.25) is 18.8 Å². The zero-order valence-electron chi connectivity index (χ0n) is 15.3. The molecule has 1 heterocycles. The number of hydrogen-bond acceptors (Lipinski definition) is 9. The Hall–Kier alpha value is -1.00. The van der Waals surface area contributed by atoms with Crippen LogP contribution in [-0.2, 0) is 18.3 Å². The molecule has 1 rings (SSSR count). The fourth-order valence-corrected chi connectivity index (χ4v) is 5.54. The van der Waals surface area contributed by atoms with Crippen molar-refractivity contribution < 1.29 is 33.4 Å². The van der Waals surface area contributed by atoms with Gasteiger partial charge in [-0.1, -0.05) is 0 Å². The summed E-state index contributed by atoms with van der Waals surface area (Å²) in [5.41, 5.74) is 0.496. The number of unbranched alkanes of at least 4 members (excludes halogenated alkanes) is 1. The van der Waals surface area contributed by atoms with Crippen molar-refractivity contribution >= 4 is 24.1 Å². The first-order valence-corrected chi connectivity index (χ1v) is 11.6. The number of nitrogens with one attached hydrogen (secondary N) is 1. The Labute approximate surface area is 163 Å². The summed E-state index contributed by atoms with van der Waals surface area (Å²) < 4.78 is 28.1. The molecule has 9 nitrogen and oxygen atoms in total. The van der Waals surface area contributed by atoms with E-state index in [2.05, 4.69) is 10.3 Å². The molecule has 0 aliphatic carbocycles. The van der Waals surface area contributed by atoms with Gasteiger partial charge in [-0.05, 0) is 36.4 Å². The van der Waals surface area contributed by atoms with Gasteiger partial charge < -0.3 is 20.3 Å². The van der Waals surface area contributed by atoms with Gasteiger partial charge in [0.25, 0.3) is 5.91 Å². The lowest BCUT2D eigenvalue weighted by Gasteiger charge is -2.22. The molecule has 1 aromatic rings. The maximum atomic E-state index is 12.7. The van der Waals surface area contributed by atoms with Crippen LogP contribution in [0.15, 0.2) is 24.5 Å². The van der Waals surface area contributed by atoms with Crippen LogP contribution in [-0.4, -0.2) is 73.0 Å². The number of rotatable bonds is 15. The lowest BCUT2D eigenvalue weighted by Crippen LogP contribution is -2.24. The molecule has 1 aromatic heterocycles. The topological polar surface area (TPSA) is 127 Å². The second-order valence-electron chi connectivity index (χ2n) is 5.41. The number of amides is 1. The molecular formula is C16H27N2O7PS. The third-order valence-electron chi connectivity index (χ3n) is 3.20. The number of pyridine rings is 1. The number of aliphatic hydroxyl groups excluding tert-OH is 2. The van der Waals surface area contributed by atoms with Crippen LogP contribution in [0.1, 0.15) is 23.2 Å². The number of carbonyl (C=O) groups is 1. The van der Waals surface area contributed by atoms with E-state index in [0.717, 1.165) is 11.4 Å². The second-order valence-corrected chi connectivity index (χ2v) is 9.55. The molecule has 0 saturated carbocycles. The molecule has 0 radical (unpaired) electrons. The van der Waals surface area contributed by atoms with Crippen LogP contribution in [0.4, 0.5) is 0 Å². The second kappa shape index (κ2) is 14.1. The van der Waals surface area contributed by atoms with E-state index in [-0.39, 0.29) is 32.3 Å². The summed E-state index contributed by atoms with van der Waals surface area (Å²) in [5, 5.41) is 20.9. The molecule has 27 heavy (non-hydrogen) atoms. The SMILES string of the molecule is COCC(CO)OP(=O)(OCCO)SCCCCNC(=O)c1cccnc1. The molecule has 0 aliphatic heterocycles. The van der Waals surface area contributed by atoms with Crippen LogP contribution in [0.5, 0.6) is 0 Å². The average Bonchev–Trinajstić information content (AvgIpc) is 2.69. The molecule has 2 unspecified atom stereocenters. The summed E-state index contributed by atoms with van der Waals surface area (Å²) in [7, 11) is 1.44. The number of aliphatic hydroxyl groups is 2. The smallest absolute Gasteiger partial charge is 0.389 e. The molecule has 0 aliphatic rings. The molecule has 0 aromatic carbocycles. The van der Waals surface area contributed by atoms with Crippen LogP contribution >= 0.6 is 18.2 Å². The minimum Gasteiger partial charge on any atom is -0.394 e. The first kappa shape index (κ1) is 24.0. The highest BCUT2D eigenvalue weighted by molar-refractivity contribution is 8.55. The fourth-order valence-electron chi connectivity index (χ4n) is 1.94. The van der Waals surface area contributed by atoms with Crippen LogP contribution in [0, 0.1) is 0 Å². The zero-order valence-corrected chi connectivity index (χ0v) is 17.0. The predicted octanol–water partition coefficient (Wildman–Crippen LogP) is 1.47. The molecule has 1 amide bonds. The van der Waals surface area contributed by atoms with Gasteiger partial charge in [-0.25, -0.2) is 4.57 Å². The molecule has 0 bridgehead atoms. The molecule has 154 valence electrons. The monoisotopic (exact) mass is 422 g/mol. The van der Waals surface area contributed by atoms with Crippen LogP contribution in [0.25, 0.3) is 0 Å². The van der Waals surface area contributed by atoms with E-state index in [0.29, 0.717) is 30.7 Å². The normalized spacial score (nSPS) is 14.5. The fraction of sp³-hybridized carbons (Fsp3) is 0.625. The van der Waals surface area contributed by atoms with Gasteiger partial charge in [0, 0.05) is 31.8 Å². The summed E-state index contributed by atoms with van der Waals surface area (Å²) in [5.74, 6) is 0.276. The lowest BCUT2D eigenvalue weighted by molar-refractivity contribution is 0.0318. The van der Waals surface area contributed by atoms with Crippen LogP contribution < -0.4 is 5.32 Å². The maximum absolute atomic E-state index is 12.7. The van der Waals surface area contributed by atoms with E-state index < -0.39 is 12.9 Å². The van der Waals surface area contributed by atoms with E-state index in [9.17, 15) is 14.5 Å². The Bertz CT molecular complexity index is 579. The number of carbonyl (C=O) groups excluding carboxylic acids is 1. The van der Waals surface area contributed by atoms with Gasteiger partial charge in [0.05, 0.1) is 32.0 Å². The Morgan fingerprint density at radius 2 is 2.22 bits per heavy atom. The Kier molecular flexibility index (Phi) is 12.5. The Balaban J connectivity index is 2.33. The molecule has 11 heteroatoms. The van der Waals surface area contributed by atoms with Crippen molar-refractivity contribution in [3.63, 3.8) is 0 Å². The quantitative estimate of drug-likeness (QED) is 0.284. The highest BCUT2D eigenvalue weighted by Gasteiger charge is 2.29. The largest absolute Gasteiger partial charge is 0.394 e. The molecule has 0 saturated heterocycles. The summed E-state index contributed by atoms with van der Waals surface area (Å²) in [6, 6.07) is 3.38. The molecule has 0 spiro atoms. The highest BCUT2D eigenvalue weighted by atomic mass is 32.7. The molecular weight excluding hydrogens is 395 g/mol. The number of methoxy groups -OCH3 is 1. The zero-order chi connectivity index (χ0) is 20.0. The number of ether oxygens (including phenoxy) is 1. The van der Waals surface area contributed by atoms with Gasteiger partial charge in [0.2, 0.25) is 0 Å². The van der Waals surface area contributed by atoms with Gasteiger partial charge >= 0.3 is 6.80 Å². The van der Waals surface area contributed by atoms with E-state index >= 15 is 0 Å². The number of nitrogens with zero attached hydrogens (tertiary/aromatic N) is 1. The van der Waals surface area contributed by atoms with Crippen molar-refractivity contribution in [2.45, 2.75) is 18.9 Å². The van der Waals surface area contributed by atoms with Gasteiger partial charge in [0.15, 0.2) is 0 Å². The summed E-state index contributed by atoms with van der Waals surface area (Å²) in [4.78, 5) is 15.8. The maximum Gasteiger partial charge on any atom is 0.389 e. The highest BCUT2D eigenvalue weighted by Crippen LogP contribution is 2.61. The minimum absolute atomic E-state index is 0.0733. The van der Waals surface area contributed by atoms with Crippen LogP contribution in [0.3, 0.4) is 0 Å². The van der Waals surface area contributed by atoms with Crippen molar-refractivity contribution in [2.24, 2.45) is 0 Å². The number of hydrogen-bond donors (Lipinski definition) is 3. The predicted molar refractivity (Wildman–Crippen MR) is 103 cm³/mol. The van der Waals surface area contributed by atoms with E-state index in [1.54, 1.807) is 18.3 Å². The van der Waals surface area contributed by atoms with Crippen molar-refractivity contribution in [1.82, 2.24) is 10.3 Å². The van der Waals surface area contributed by atoms with Gasteiger partial charge in [-0.15, -0.1) is 0 Å². The lowest BCUT2D eigenvalue weighted by atomic mass is 10.2. The first-order chi connectivity index (χ1) is 13.0. The van der Waals surface area contributed by atoms with E-state index in [4.69, 9.17) is 18.9 Å². The Morgan fingerprint density at radius 3 is 2.85 bits per heavy atom. The van der Waals surface area contributed by atoms with Gasteiger partial charge in [-0.2, -0.15) is 0 Å². The molecule has 0 fully saturated rings. The van der Waals surface area contributed by atoms with Crippen LogP contribution in [0.2, 0.25) is 0 Å². The summed E-state index contributed by atoms with van der Waals surface area (Å²) in [6.45, 7) is -3.76. The van der Waals surface area contributed by atoms with Crippen molar-refractivity contribution in [3.8, 4) is 0 Å². The van der Waals surface area contributed by atoms with Crippen molar-refractivity contribution in [1.29, 1.82) is 0 Å². The third-order valence-corrected chi connectivity index (χ3v) is 7.12. The van der Waals surface area contributed by atoms with E-state index in [1.165, 1.54) is 13.3 Å². The minimum atomic E-state index is -3.53. The summed E-state index contributed by atoms with van der Waals surface area (Å²) >= 11 is 0.999. The standard InChI is InChI=1S/C16H27N2O7PS/c1-23-13-15(12-20)25-26(22,24-9-8-19)27-10-3-2-7-18-16(21)14-5-4-6-17-11-14/h4-6,11,15,19-20H,2-3,7-10,12-13H2,1H3,(H,18,21). The first-order valence-electron chi connectivity index (χ1n) is 8.51. The molecule has 3 N–H and O–H groups in total. The van der Waals surface area contributed by atoms with Gasteiger partial charge in [0.1, 0.15) is 6.10 Å². The Morgan fingerprint density at radius 1 is 1.41 bits per heavy atom. The van der Waals surface area contributed by atoms with Crippen molar-refractivity contribution in [2.75, 3.05) is 45.8 Å².